The maximum atomic E-state index is 12.6. The molecule has 4 aliphatic carbocycles. The van der Waals surface area contributed by atoms with Crippen LogP contribution in [0.15, 0.2) is 34.7 Å². The molecule has 2 aromatic rings. The van der Waals surface area contributed by atoms with Gasteiger partial charge in [0.05, 0.1) is 12.0 Å². The van der Waals surface area contributed by atoms with Gasteiger partial charge in [-0.1, -0.05) is 18.2 Å². The molecule has 4 fully saturated rings. The van der Waals surface area contributed by atoms with Gasteiger partial charge in [-0.2, -0.15) is 0 Å². The van der Waals surface area contributed by atoms with Crippen LogP contribution in [0, 0.1) is 11.8 Å². The quantitative estimate of drug-likeness (QED) is 0.911. The number of hydrogen-bond donors (Lipinski definition) is 2. The third kappa shape index (κ3) is 2.35. The summed E-state index contributed by atoms with van der Waals surface area (Å²) in [5, 5.41) is 15.1. The number of fused-ring (bicyclic) bond motifs is 1. The lowest BCUT2D eigenvalue weighted by atomic mass is 9.51. The minimum absolute atomic E-state index is 0.0135. The van der Waals surface area contributed by atoms with Gasteiger partial charge in [-0.05, 0) is 62.5 Å². The fourth-order valence-electron chi connectivity index (χ4n) is 5.98. The summed E-state index contributed by atoms with van der Waals surface area (Å²) in [5.41, 5.74) is 0.0861. The van der Waals surface area contributed by atoms with Crippen molar-refractivity contribution in [3.8, 4) is 0 Å². The van der Waals surface area contributed by atoms with Crippen LogP contribution in [0.1, 0.15) is 44.3 Å². The molecule has 4 heteroatoms. The summed E-state index contributed by atoms with van der Waals surface area (Å²) in [6.07, 6.45) is 6.11. The lowest BCUT2D eigenvalue weighted by Crippen LogP contribution is -2.65. The van der Waals surface area contributed by atoms with Crippen LogP contribution in [0.4, 0.5) is 0 Å². The van der Waals surface area contributed by atoms with Crippen LogP contribution in [0.2, 0.25) is 0 Å². The van der Waals surface area contributed by atoms with Crippen LogP contribution in [0.3, 0.4) is 0 Å². The van der Waals surface area contributed by atoms with Gasteiger partial charge in [0, 0.05) is 10.9 Å². The average Bonchev–Trinajstić information content (AvgIpc) is 2.85. The molecule has 0 radical (unpaired) electrons. The molecule has 4 saturated carbocycles. The number of aliphatic hydroxyl groups is 1. The molecule has 24 heavy (non-hydrogen) atoms. The fraction of sp³-hybridized carbons (Fsp3) is 0.550. The maximum absolute atomic E-state index is 12.6. The Morgan fingerprint density at radius 3 is 2.67 bits per heavy atom. The number of hydrogen-bond acceptors (Lipinski definition) is 3. The van der Waals surface area contributed by atoms with Crippen molar-refractivity contribution in [1.82, 2.24) is 5.32 Å². The van der Waals surface area contributed by atoms with Crippen LogP contribution in [0.5, 0.6) is 0 Å². The van der Waals surface area contributed by atoms with E-state index in [-0.39, 0.29) is 17.9 Å². The number of para-hydroxylation sites is 1. The Balaban J connectivity index is 1.33. The van der Waals surface area contributed by atoms with E-state index < -0.39 is 5.60 Å². The second kappa shape index (κ2) is 4.85. The first-order valence-electron chi connectivity index (χ1n) is 9.02. The van der Waals surface area contributed by atoms with Crippen molar-refractivity contribution in [2.45, 2.75) is 56.1 Å². The molecular weight excluding hydrogens is 302 g/mol. The Kier molecular flexibility index (Phi) is 2.94. The molecule has 4 aliphatic rings. The summed E-state index contributed by atoms with van der Waals surface area (Å²) in [6.45, 7) is 0. The van der Waals surface area contributed by atoms with Crippen LogP contribution >= 0.6 is 0 Å². The summed E-state index contributed by atoms with van der Waals surface area (Å²) < 4.78 is 5.77. The zero-order chi connectivity index (χ0) is 16.4. The Labute approximate surface area is 141 Å². The smallest absolute Gasteiger partial charge is 0.228 e. The first-order valence-corrected chi connectivity index (χ1v) is 9.02. The van der Waals surface area contributed by atoms with Gasteiger partial charge in [-0.25, -0.2) is 0 Å². The Hall–Kier alpha value is -1.81. The van der Waals surface area contributed by atoms with E-state index >= 15 is 0 Å². The lowest BCUT2D eigenvalue weighted by molar-refractivity contribution is -0.150. The van der Waals surface area contributed by atoms with Crippen molar-refractivity contribution < 1.29 is 14.3 Å². The number of rotatable bonds is 3. The largest absolute Gasteiger partial charge is 0.461 e. The molecule has 4 atom stereocenters. The summed E-state index contributed by atoms with van der Waals surface area (Å²) >= 11 is 0. The van der Waals surface area contributed by atoms with E-state index in [1.54, 1.807) is 0 Å². The molecule has 126 valence electrons. The highest BCUT2D eigenvalue weighted by Crippen LogP contribution is 2.57. The maximum Gasteiger partial charge on any atom is 0.228 e. The van der Waals surface area contributed by atoms with Gasteiger partial charge >= 0.3 is 0 Å². The second-order valence-electron chi connectivity index (χ2n) is 8.44. The molecule has 2 N–H and O–H groups in total. The number of carbonyl (C=O) groups is 1. The topological polar surface area (TPSA) is 62.5 Å². The van der Waals surface area contributed by atoms with Crippen molar-refractivity contribution in [1.29, 1.82) is 0 Å². The minimum atomic E-state index is -0.545. The molecule has 1 heterocycles. The number of carbonyl (C=O) groups excluding carboxylic acids is 1. The van der Waals surface area contributed by atoms with Crippen LogP contribution in [-0.2, 0) is 11.2 Å². The summed E-state index contributed by atoms with van der Waals surface area (Å²) in [4.78, 5) is 12.6. The van der Waals surface area contributed by atoms with E-state index in [1.165, 1.54) is 6.42 Å². The number of amides is 1. The molecule has 3 unspecified atom stereocenters. The van der Waals surface area contributed by atoms with Crippen LogP contribution in [0.25, 0.3) is 11.0 Å². The van der Waals surface area contributed by atoms with Crippen molar-refractivity contribution in [2.24, 2.45) is 11.8 Å². The normalized spacial score (nSPS) is 37.0. The first-order chi connectivity index (χ1) is 11.5. The van der Waals surface area contributed by atoms with E-state index in [9.17, 15) is 9.90 Å². The van der Waals surface area contributed by atoms with Crippen molar-refractivity contribution >= 4 is 16.9 Å². The van der Waals surface area contributed by atoms with Crippen molar-refractivity contribution in [3.63, 3.8) is 0 Å². The fourth-order valence-corrected chi connectivity index (χ4v) is 5.98. The molecule has 0 saturated heterocycles. The molecule has 0 aliphatic heterocycles. The molecule has 1 aromatic carbocycles. The lowest BCUT2D eigenvalue weighted by Gasteiger charge is -2.60. The Morgan fingerprint density at radius 1 is 1.21 bits per heavy atom. The molecule has 4 nitrogen and oxygen atoms in total. The molecule has 4 bridgehead atoms. The Bertz CT molecular complexity index is 761. The standard InChI is InChI=1S/C20H23NO3/c22-18(7-16-6-15-3-1-2-4-17(15)24-16)21-19-8-13-5-14(9-19)11-20(23,10-13)12-19/h1-4,6,13-14,23H,5,7-12H2,(H,21,22)/t13-,14?,19?,20?/m0/s1. The third-order valence-electron chi connectivity index (χ3n) is 6.25. The highest BCUT2D eigenvalue weighted by molar-refractivity contribution is 5.82. The van der Waals surface area contributed by atoms with Gasteiger partial charge in [-0.3, -0.25) is 4.79 Å². The number of benzene rings is 1. The van der Waals surface area contributed by atoms with Gasteiger partial charge < -0.3 is 14.8 Å². The molecule has 1 amide bonds. The molecule has 1 aromatic heterocycles. The second-order valence-corrected chi connectivity index (χ2v) is 8.44. The molecule has 6 rings (SSSR count). The monoisotopic (exact) mass is 325 g/mol. The van der Waals surface area contributed by atoms with Gasteiger partial charge in [0.1, 0.15) is 11.3 Å². The van der Waals surface area contributed by atoms with Gasteiger partial charge in [0.25, 0.3) is 0 Å². The van der Waals surface area contributed by atoms with Crippen LogP contribution < -0.4 is 5.32 Å². The average molecular weight is 325 g/mol. The molecular formula is C20H23NO3. The highest BCUT2D eigenvalue weighted by Gasteiger charge is 2.57. The predicted octanol–water partition coefficient (Wildman–Crippen LogP) is 3.18. The van der Waals surface area contributed by atoms with Crippen molar-refractivity contribution in [2.75, 3.05) is 0 Å². The number of furan rings is 1. The highest BCUT2D eigenvalue weighted by atomic mass is 16.3. The zero-order valence-corrected chi connectivity index (χ0v) is 13.8. The van der Waals surface area contributed by atoms with Gasteiger partial charge in [0.2, 0.25) is 5.91 Å². The van der Waals surface area contributed by atoms with E-state index in [1.807, 2.05) is 30.3 Å². The third-order valence-corrected chi connectivity index (χ3v) is 6.25. The van der Waals surface area contributed by atoms with E-state index in [0.29, 0.717) is 17.6 Å². The van der Waals surface area contributed by atoms with Gasteiger partial charge in [-0.15, -0.1) is 0 Å². The summed E-state index contributed by atoms with van der Waals surface area (Å²) in [5.74, 6) is 1.86. The zero-order valence-electron chi connectivity index (χ0n) is 13.8. The van der Waals surface area contributed by atoms with E-state index in [2.05, 4.69) is 5.32 Å². The summed E-state index contributed by atoms with van der Waals surface area (Å²) in [6, 6.07) is 9.77. The van der Waals surface area contributed by atoms with Crippen molar-refractivity contribution in [3.05, 3.63) is 36.1 Å². The predicted molar refractivity (Wildman–Crippen MR) is 90.4 cm³/mol. The SMILES string of the molecule is O=C(Cc1cc2ccccc2o1)NC12CC3C[C@H](CC(O)(C3)C1)C2. The number of nitrogens with one attached hydrogen (secondary N) is 1. The van der Waals surface area contributed by atoms with E-state index in [4.69, 9.17) is 4.42 Å². The van der Waals surface area contributed by atoms with E-state index in [0.717, 1.165) is 43.1 Å². The Morgan fingerprint density at radius 2 is 1.96 bits per heavy atom. The summed E-state index contributed by atoms with van der Waals surface area (Å²) in [7, 11) is 0. The van der Waals surface area contributed by atoms with Gasteiger partial charge in [0.15, 0.2) is 0 Å². The first kappa shape index (κ1) is 14.5. The molecule has 0 spiro atoms. The minimum Gasteiger partial charge on any atom is -0.461 e. The van der Waals surface area contributed by atoms with Crippen LogP contribution in [-0.4, -0.2) is 22.2 Å².